The molecule has 0 saturated heterocycles. The second kappa shape index (κ2) is 10.1. The number of ketones is 1. The van der Waals surface area contributed by atoms with Crippen LogP contribution in [-0.2, 0) is 23.9 Å². The van der Waals surface area contributed by atoms with Crippen LogP contribution in [-0.4, -0.2) is 30.9 Å². The van der Waals surface area contributed by atoms with Crippen LogP contribution in [0.5, 0.6) is 0 Å². The van der Waals surface area contributed by atoms with Crippen LogP contribution in [0.4, 0.5) is 0 Å². The Labute approximate surface area is 135 Å². The fourth-order valence-electron chi connectivity index (χ4n) is 1.63. The lowest BCUT2D eigenvalue weighted by Crippen LogP contribution is -2.16. The lowest BCUT2D eigenvalue weighted by atomic mass is 10.1. The molecule has 0 amide bonds. The Morgan fingerprint density at radius 2 is 1.74 bits per heavy atom. The minimum Gasteiger partial charge on any atom is -0.462 e. The highest BCUT2D eigenvalue weighted by molar-refractivity contribution is 5.94. The maximum Gasteiger partial charge on any atom is 0.333 e. The second-order valence-corrected chi connectivity index (χ2v) is 4.86. The first-order valence-electron chi connectivity index (χ1n) is 7.20. The van der Waals surface area contributed by atoms with Gasteiger partial charge in [-0.25, -0.2) is 4.79 Å². The molecule has 0 spiro atoms. The second-order valence-electron chi connectivity index (χ2n) is 4.86. The summed E-state index contributed by atoms with van der Waals surface area (Å²) in [5, 5.41) is 0. The summed E-state index contributed by atoms with van der Waals surface area (Å²) < 4.78 is 9.67. The van der Waals surface area contributed by atoms with Crippen LogP contribution in [0.1, 0.15) is 25.3 Å². The molecule has 0 aliphatic rings. The van der Waals surface area contributed by atoms with Crippen molar-refractivity contribution in [2.24, 2.45) is 0 Å². The summed E-state index contributed by atoms with van der Waals surface area (Å²) in [6, 6.07) is 9.68. The van der Waals surface area contributed by atoms with Crippen LogP contribution >= 0.6 is 0 Å². The summed E-state index contributed by atoms with van der Waals surface area (Å²) in [5.74, 6) is -1.44. The molecule has 0 radical (unpaired) electrons. The number of carbonyl (C=O) groups excluding carboxylic acids is 3. The molecule has 1 rings (SSSR count). The molecule has 1 aromatic carbocycles. The molecule has 0 fully saturated rings. The minimum absolute atomic E-state index is 0.0656. The number of rotatable bonds is 9. The van der Waals surface area contributed by atoms with Crippen molar-refractivity contribution in [2.45, 2.75) is 19.8 Å². The number of hydrogen-bond donors (Lipinski definition) is 0. The van der Waals surface area contributed by atoms with E-state index in [-0.39, 0.29) is 25.4 Å². The predicted octanol–water partition coefficient (Wildman–Crippen LogP) is 2.71. The fourth-order valence-corrected chi connectivity index (χ4v) is 1.63. The zero-order valence-electron chi connectivity index (χ0n) is 13.1. The van der Waals surface area contributed by atoms with E-state index in [1.807, 2.05) is 42.5 Å². The summed E-state index contributed by atoms with van der Waals surface area (Å²) >= 11 is 0. The van der Waals surface area contributed by atoms with Gasteiger partial charge in [-0.1, -0.05) is 49.1 Å². The smallest absolute Gasteiger partial charge is 0.333 e. The third-order valence-corrected chi connectivity index (χ3v) is 2.74. The standard InChI is InChI=1S/C18H20O5/c1-14(7-6-10-16-8-4-3-5-9-16)18(21)23-12-11-22-17(20)13-15(2)19/h3-6,8-10H,1,7,11-13H2,2H3. The molecule has 0 heterocycles. The molecule has 0 saturated carbocycles. The van der Waals surface area contributed by atoms with Crippen molar-refractivity contribution < 1.29 is 23.9 Å². The predicted molar refractivity (Wildman–Crippen MR) is 86.4 cm³/mol. The van der Waals surface area contributed by atoms with Gasteiger partial charge in [0.25, 0.3) is 0 Å². The zero-order valence-corrected chi connectivity index (χ0v) is 13.1. The van der Waals surface area contributed by atoms with Gasteiger partial charge >= 0.3 is 11.9 Å². The first-order chi connectivity index (χ1) is 11.0. The van der Waals surface area contributed by atoms with E-state index in [2.05, 4.69) is 6.58 Å². The molecule has 23 heavy (non-hydrogen) atoms. The Morgan fingerprint density at radius 1 is 1.09 bits per heavy atom. The topological polar surface area (TPSA) is 69.7 Å². The Bertz CT molecular complexity index is 587. The largest absolute Gasteiger partial charge is 0.462 e. The van der Waals surface area contributed by atoms with Crippen LogP contribution in [0.3, 0.4) is 0 Å². The van der Waals surface area contributed by atoms with E-state index in [1.54, 1.807) is 0 Å². The van der Waals surface area contributed by atoms with Crippen molar-refractivity contribution in [2.75, 3.05) is 13.2 Å². The molecule has 0 atom stereocenters. The van der Waals surface area contributed by atoms with E-state index >= 15 is 0 Å². The van der Waals surface area contributed by atoms with Crippen molar-refractivity contribution in [3.63, 3.8) is 0 Å². The number of carbonyl (C=O) groups is 3. The van der Waals surface area contributed by atoms with Gasteiger partial charge in [-0.3, -0.25) is 9.59 Å². The lowest BCUT2D eigenvalue weighted by Gasteiger charge is -2.06. The van der Waals surface area contributed by atoms with Crippen LogP contribution in [0.2, 0.25) is 0 Å². The van der Waals surface area contributed by atoms with Gasteiger partial charge in [0.1, 0.15) is 25.4 Å². The average Bonchev–Trinajstić information content (AvgIpc) is 2.51. The van der Waals surface area contributed by atoms with Crippen LogP contribution < -0.4 is 0 Å². The quantitative estimate of drug-likeness (QED) is 0.303. The minimum atomic E-state index is -0.627. The molecule has 0 aromatic heterocycles. The van der Waals surface area contributed by atoms with Crippen molar-refractivity contribution in [1.82, 2.24) is 0 Å². The normalized spacial score (nSPS) is 10.3. The van der Waals surface area contributed by atoms with Crippen molar-refractivity contribution in [1.29, 1.82) is 0 Å². The first-order valence-corrected chi connectivity index (χ1v) is 7.20. The van der Waals surface area contributed by atoms with Crippen LogP contribution in [0.25, 0.3) is 6.08 Å². The third kappa shape index (κ3) is 8.36. The van der Waals surface area contributed by atoms with Gasteiger partial charge in [0, 0.05) is 5.57 Å². The van der Waals surface area contributed by atoms with E-state index in [4.69, 9.17) is 9.47 Å². The van der Waals surface area contributed by atoms with Gasteiger partial charge in [-0.15, -0.1) is 0 Å². The first kappa shape index (κ1) is 18.4. The Balaban J connectivity index is 2.21. The van der Waals surface area contributed by atoms with Gasteiger partial charge in [-0.05, 0) is 18.9 Å². The Kier molecular flexibility index (Phi) is 8.07. The molecule has 5 nitrogen and oxygen atoms in total. The zero-order chi connectivity index (χ0) is 17.1. The van der Waals surface area contributed by atoms with Crippen LogP contribution in [0, 0.1) is 0 Å². The van der Waals surface area contributed by atoms with Gasteiger partial charge in [-0.2, -0.15) is 0 Å². The van der Waals surface area contributed by atoms with Crippen molar-refractivity contribution in [3.8, 4) is 0 Å². The third-order valence-electron chi connectivity index (χ3n) is 2.74. The molecular weight excluding hydrogens is 296 g/mol. The van der Waals surface area contributed by atoms with E-state index in [0.29, 0.717) is 12.0 Å². The molecule has 0 bridgehead atoms. The number of esters is 2. The van der Waals surface area contributed by atoms with Gasteiger partial charge in [0.15, 0.2) is 0 Å². The van der Waals surface area contributed by atoms with E-state index in [0.717, 1.165) is 5.56 Å². The fraction of sp³-hybridized carbons (Fsp3) is 0.278. The summed E-state index contributed by atoms with van der Waals surface area (Å²) in [6.07, 6.45) is 3.82. The molecule has 5 heteroatoms. The highest BCUT2D eigenvalue weighted by Gasteiger charge is 2.09. The maximum absolute atomic E-state index is 11.7. The van der Waals surface area contributed by atoms with Crippen molar-refractivity contribution >= 4 is 23.8 Å². The number of hydrogen-bond acceptors (Lipinski definition) is 5. The molecule has 1 aromatic rings. The van der Waals surface area contributed by atoms with E-state index in [9.17, 15) is 14.4 Å². The van der Waals surface area contributed by atoms with Gasteiger partial charge in [0.2, 0.25) is 0 Å². The van der Waals surface area contributed by atoms with E-state index in [1.165, 1.54) is 6.92 Å². The van der Waals surface area contributed by atoms with E-state index < -0.39 is 11.9 Å². The molecular formula is C18H20O5. The highest BCUT2D eigenvalue weighted by atomic mass is 16.6. The molecule has 0 aliphatic heterocycles. The summed E-state index contributed by atoms with van der Waals surface area (Å²) in [4.78, 5) is 33.4. The Morgan fingerprint density at radius 3 is 2.39 bits per heavy atom. The van der Waals surface area contributed by atoms with Crippen molar-refractivity contribution in [3.05, 3.63) is 54.1 Å². The van der Waals surface area contributed by atoms with Crippen LogP contribution in [0.15, 0.2) is 48.6 Å². The molecule has 0 aliphatic carbocycles. The molecule has 0 N–H and O–H groups in total. The number of ether oxygens (including phenoxy) is 2. The number of Topliss-reactive ketones (excluding diaryl/α,β-unsaturated/α-hetero) is 1. The van der Waals surface area contributed by atoms with Gasteiger partial charge in [0.05, 0.1) is 0 Å². The summed E-state index contributed by atoms with van der Waals surface area (Å²) in [5.41, 5.74) is 1.35. The number of benzene rings is 1. The number of allylic oxidation sites excluding steroid dienone is 1. The molecule has 122 valence electrons. The Hall–Kier alpha value is -2.69. The maximum atomic E-state index is 11.7. The monoisotopic (exact) mass is 316 g/mol. The summed E-state index contributed by atoms with van der Waals surface area (Å²) in [7, 11) is 0. The lowest BCUT2D eigenvalue weighted by molar-refractivity contribution is -0.151. The van der Waals surface area contributed by atoms with Gasteiger partial charge < -0.3 is 9.47 Å². The highest BCUT2D eigenvalue weighted by Crippen LogP contribution is 2.06. The summed E-state index contributed by atoms with van der Waals surface area (Å²) in [6.45, 7) is 4.82. The molecule has 0 unspecified atom stereocenters. The SMILES string of the molecule is C=C(CC=Cc1ccccc1)C(=O)OCCOC(=O)CC(C)=O. The average molecular weight is 316 g/mol.